The number of carboxylic acid groups (broad SMARTS) is 1. The molecule has 12 atom stereocenters. The van der Waals surface area contributed by atoms with E-state index in [1.54, 1.807) is 0 Å². The molecule has 6 fully saturated rings. The highest BCUT2D eigenvalue weighted by Crippen LogP contribution is 2.89. The van der Waals surface area contributed by atoms with E-state index in [4.69, 9.17) is 4.74 Å². The first kappa shape index (κ1) is 21.9. The number of hydrogen-bond acceptors (Lipinski definition) is 4. The van der Waals surface area contributed by atoms with E-state index in [0.29, 0.717) is 23.7 Å². The number of carboxylic acids is 1. The molecule has 5 saturated carbocycles. The van der Waals surface area contributed by atoms with Gasteiger partial charge in [-0.2, -0.15) is 0 Å². The number of aliphatic hydroxyl groups is 2. The molecule has 0 aromatic carbocycles. The van der Waals surface area contributed by atoms with E-state index >= 15 is 0 Å². The summed E-state index contributed by atoms with van der Waals surface area (Å²) in [4.78, 5) is 11.8. The molecule has 180 valence electrons. The average Bonchev–Trinajstić information content (AvgIpc) is 3.36. The zero-order valence-corrected chi connectivity index (χ0v) is 20.4. The zero-order chi connectivity index (χ0) is 23.1. The lowest BCUT2D eigenvalue weighted by atomic mass is 9.41. The van der Waals surface area contributed by atoms with Gasteiger partial charge in [0.25, 0.3) is 0 Å². The number of ether oxygens (including phenoxy) is 1. The molecule has 0 aromatic heterocycles. The van der Waals surface area contributed by atoms with Gasteiger partial charge in [-0.15, -0.1) is 0 Å². The quantitative estimate of drug-likeness (QED) is 0.561. The molecular formula is C27H42O5. The van der Waals surface area contributed by atoms with Crippen LogP contribution in [0.5, 0.6) is 0 Å². The second-order valence-corrected chi connectivity index (χ2v) is 13.9. The second kappa shape index (κ2) is 6.12. The highest BCUT2D eigenvalue weighted by Gasteiger charge is 2.84. The van der Waals surface area contributed by atoms with E-state index in [1.165, 1.54) is 12.8 Å². The molecule has 5 nitrogen and oxygen atoms in total. The van der Waals surface area contributed by atoms with Crippen LogP contribution in [0.4, 0.5) is 0 Å². The topological polar surface area (TPSA) is 87.0 Å². The van der Waals surface area contributed by atoms with Crippen LogP contribution in [0.1, 0.15) is 86.0 Å². The minimum absolute atomic E-state index is 0.0315. The van der Waals surface area contributed by atoms with Gasteiger partial charge in [0.1, 0.15) is 0 Å². The number of carbonyl (C=O) groups is 1. The largest absolute Gasteiger partial charge is 0.479 e. The van der Waals surface area contributed by atoms with Gasteiger partial charge < -0.3 is 20.1 Å². The Balaban J connectivity index is 1.40. The van der Waals surface area contributed by atoms with Crippen LogP contribution in [0.25, 0.3) is 0 Å². The fraction of sp³-hybridized carbons (Fsp3) is 0.963. The zero-order valence-electron chi connectivity index (χ0n) is 20.4. The predicted octanol–water partition coefficient (Wildman–Crippen LogP) is 4.25. The summed E-state index contributed by atoms with van der Waals surface area (Å²) in [6.07, 6.45) is 6.41. The Morgan fingerprint density at radius 1 is 0.938 bits per heavy atom. The molecule has 0 aromatic rings. The molecule has 6 rings (SSSR count). The Morgan fingerprint density at radius 2 is 1.59 bits per heavy atom. The van der Waals surface area contributed by atoms with Gasteiger partial charge in [0.05, 0.1) is 18.3 Å². The van der Waals surface area contributed by atoms with Crippen LogP contribution >= 0.6 is 0 Å². The molecular weight excluding hydrogens is 404 g/mol. The van der Waals surface area contributed by atoms with Crippen LogP contribution in [0.3, 0.4) is 0 Å². The lowest BCUT2D eigenvalue weighted by Gasteiger charge is -2.63. The lowest BCUT2D eigenvalue weighted by Crippen LogP contribution is -2.59. The van der Waals surface area contributed by atoms with Gasteiger partial charge in [-0.25, -0.2) is 4.79 Å². The van der Waals surface area contributed by atoms with Gasteiger partial charge >= 0.3 is 5.97 Å². The lowest BCUT2D eigenvalue weighted by molar-refractivity contribution is -0.183. The van der Waals surface area contributed by atoms with Crippen molar-refractivity contribution in [1.82, 2.24) is 0 Å². The van der Waals surface area contributed by atoms with Crippen molar-refractivity contribution in [1.29, 1.82) is 0 Å². The third-order valence-corrected chi connectivity index (χ3v) is 13.1. The van der Waals surface area contributed by atoms with E-state index < -0.39 is 18.2 Å². The number of aliphatic hydroxyl groups excluding tert-OH is 2. The van der Waals surface area contributed by atoms with Crippen LogP contribution in [0, 0.1) is 50.7 Å². The van der Waals surface area contributed by atoms with Crippen molar-refractivity contribution in [2.75, 3.05) is 0 Å². The standard InChI is InChI=1S/C27H42O5/c1-14-12-15(22(30)31)32-20-19(14)24(4)10-11-27-13-26(27)9-8-18(28)23(2,3)16(26)6-7-17(27)25(24,5)21(20)29/h14-21,28-29H,6-13H2,1-5H3,(H,30,31)/t14-,15?,16+,17?,18?,19+,20?,21+,24?,25-,26?,27?/m1/s1. The average molecular weight is 447 g/mol. The Morgan fingerprint density at radius 3 is 2.28 bits per heavy atom. The summed E-state index contributed by atoms with van der Waals surface area (Å²) < 4.78 is 6.17. The van der Waals surface area contributed by atoms with Gasteiger partial charge in [-0.1, -0.05) is 34.6 Å². The minimum Gasteiger partial charge on any atom is -0.479 e. The smallest absolute Gasteiger partial charge is 0.332 e. The predicted molar refractivity (Wildman–Crippen MR) is 120 cm³/mol. The first-order valence-electron chi connectivity index (χ1n) is 13.1. The van der Waals surface area contributed by atoms with Gasteiger partial charge in [0.15, 0.2) is 6.10 Å². The summed E-state index contributed by atoms with van der Waals surface area (Å²) in [5.74, 6) is 0.575. The van der Waals surface area contributed by atoms with Crippen molar-refractivity contribution in [2.24, 2.45) is 50.7 Å². The number of fused-ring (bicyclic) bond motifs is 4. The fourth-order valence-corrected chi connectivity index (χ4v) is 11.4. The molecule has 1 heterocycles. The third-order valence-electron chi connectivity index (χ3n) is 13.1. The first-order chi connectivity index (χ1) is 14.9. The molecule has 0 radical (unpaired) electrons. The first-order valence-corrected chi connectivity index (χ1v) is 13.1. The van der Waals surface area contributed by atoms with E-state index in [2.05, 4.69) is 34.6 Å². The summed E-state index contributed by atoms with van der Waals surface area (Å²) >= 11 is 0. The van der Waals surface area contributed by atoms with Gasteiger partial charge in [-0.05, 0) is 96.7 Å². The van der Waals surface area contributed by atoms with E-state index in [-0.39, 0.29) is 45.7 Å². The summed E-state index contributed by atoms with van der Waals surface area (Å²) in [7, 11) is 0. The monoisotopic (exact) mass is 446 g/mol. The third kappa shape index (κ3) is 2.13. The molecule has 0 bridgehead atoms. The van der Waals surface area contributed by atoms with Gasteiger partial charge in [0, 0.05) is 5.41 Å². The SMILES string of the molecule is C[C@@H]1CC(C(=O)O)OC2[C@H]1C1(C)CCC34CC35CCC(O)C(C)(C)[C@@H]5CCC4[C@]1(C)[C@H]2O. The molecule has 7 unspecified atom stereocenters. The summed E-state index contributed by atoms with van der Waals surface area (Å²) in [5, 5.41) is 32.4. The highest BCUT2D eigenvalue weighted by atomic mass is 16.5. The second-order valence-electron chi connectivity index (χ2n) is 13.9. The Labute approximate surface area is 192 Å². The summed E-state index contributed by atoms with van der Waals surface area (Å²) in [5.41, 5.74) is 0.286. The molecule has 1 aliphatic heterocycles. The molecule has 3 N–H and O–H groups in total. The van der Waals surface area contributed by atoms with Crippen LogP contribution in [0.2, 0.25) is 0 Å². The minimum atomic E-state index is -0.895. The normalized spacial score (nSPS) is 62.1. The Bertz CT molecular complexity index is 855. The molecule has 1 saturated heterocycles. The Kier molecular flexibility index (Phi) is 4.18. The van der Waals surface area contributed by atoms with E-state index in [0.717, 1.165) is 32.1 Å². The van der Waals surface area contributed by atoms with Crippen LogP contribution in [-0.4, -0.2) is 45.7 Å². The van der Waals surface area contributed by atoms with E-state index in [1.807, 2.05) is 0 Å². The molecule has 32 heavy (non-hydrogen) atoms. The highest BCUT2D eigenvalue weighted by molar-refractivity contribution is 5.72. The van der Waals surface area contributed by atoms with Crippen molar-refractivity contribution in [2.45, 2.75) is 110 Å². The Hall–Kier alpha value is -0.650. The molecule has 6 aliphatic rings. The molecule has 5 aliphatic carbocycles. The van der Waals surface area contributed by atoms with Crippen LogP contribution < -0.4 is 0 Å². The van der Waals surface area contributed by atoms with Crippen LogP contribution in [0.15, 0.2) is 0 Å². The van der Waals surface area contributed by atoms with Crippen molar-refractivity contribution in [3.63, 3.8) is 0 Å². The number of rotatable bonds is 1. The van der Waals surface area contributed by atoms with Crippen LogP contribution in [-0.2, 0) is 9.53 Å². The molecule has 2 spiro atoms. The number of hydrogen-bond donors (Lipinski definition) is 3. The maximum atomic E-state index is 11.9. The van der Waals surface area contributed by atoms with Crippen molar-refractivity contribution < 1.29 is 24.9 Å². The number of aliphatic carboxylic acids is 1. The maximum absolute atomic E-state index is 11.9. The van der Waals surface area contributed by atoms with Gasteiger partial charge in [-0.3, -0.25) is 0 Å². The van der Waals surface area contributed by atoms with E-state index in [9.17, 15) is 20.1 Å². The van der Waals surface area contributed by atoms with Crippen molar-refractivity contribution >= 4 is 5.97 Å². The van der Waals surface area contributed by atoms with Crippen molar-refractivity contribution in [3.8, 4) is 0 Å². The molecule has 0 amide bonds. The summed E-state index contributed by atoms with van der Waals surface area (Å²) in [6.45, 7) is 11.5. The van der Waals surface area contributed by atoms with Crippen molar-refractivity contribution in [3.05, 3.63) is 0 Å². The summed E-state index contributed by atoms with van der Waals surface area (Å²) in [6, 6.07) is 0. The molecule has 5 heteroatoms. The van der Waals surface area contributed by atoms with Gasteiger partial charge in [0.2, 0.25) is 0 Å². The fourth-order valence-electron chi connectivity index (χ4n) is 11.4. The maximum Gasteiger partial charge on any atom is 0.332 e.